The zero-order chi connectivity index (χ0) is 18.5. The van der Waals surface area contributed by atoms with Crippen molar-refractivity contribution in [2.75, 3.05) is 42.9 Å². The summed E-state index contributed by atoms with van der Waals surface area (Å²) < 4.78 is 0. The van der Waals surface area contributed by atoms with Crippen molar-refractivity contribution < 1.29 is 4.79 Å². The van der Waals surface area contributed by atoms with Gasteiger partial charge in [0.25, 0.3) is 0 Å². The normalized spacial score (nSPS) is 22.9. The Morgan fingerprint density at radius 3 is 2.41 bits per heavy atom. The molecule has 1 saturated heterocycles. The van der Waals surface area contributed by atoms with Gasteiger partial charge in [0.1, 0.15) is 0 Å². The molecule has 0 spiro atoms. The van der Waals surface area contributed by atoms with Crippen molar-refractivity contribution in [2.45, 2.75) is 63.8 Å². The number of rotatable bonds is 5. The molecule has 3 fully saturated rings. The molecule has 8 heteroatoms. The van der Waals surface area contributed by atoms with Gasteiger partial charge in [-0.15, -0.1) is 10.2 Å². The molecule has 150 valence electrons. The molecule has 27 heavy (non-hydrogen) atoms. The van der Waals surface area contributed by atoms with E-state index in [4.69, 9.17) is 0 Å². The van der Waals surface area contributed by atoms with Crippen molar-refractivity contribution in [1.82, 2.24) is 20.4 Å². The fourth-order valence-corrected chi connectivity index (χ4v) is 5.43. The van der Waals surface area contributed by atoms with E-state index in [0.29, 0.717) is 11.2 Å². The predicted molar refractivity (Wildman–Crippen MR) is 110 cm³/mol. The zero-order valence-corrected chi connectivity index (χ0v) is 17.0. The maximum atomic E-state index is 12.1. The van der Waals surface area contributed by atoms with Crippen LogP contribution in [-0.2, 0) is 0 Å². The Morgan fingerprint density at radius 1 is 0.963 bits per heavy atom. The molecule has 4 rings (SSSR count). The molecule has 2 heterocycles. The summed E-state index contributed by atoms with van der Waals surface area (Å²) in [6, 6.07) is 0.163. The lowest BCUT2D eigenvalue weighted by molar-refractivity contribution is 0.192. The molecule has 2 N–H and O–H groups in total. The highest BCUT2D eigenvalue weighted by Gasteiger charge is 2.24. The van der Waals surface area contributed by atoms with Crippen LogP contribution in [0.4, 0.5) is 15.1 Å². The lowest BCUT2D eigenvalue weighted by Crippen LogP contribution is -2.48. The third-order valence-corrected chi connectivity index (χ3v) is 7.11. The highest BCUT2D eigenvalue weighted by molar-refractivity contribution is 7.19. The average Bonchev–Trinajstić information content (AvgIpc) is 3.35. The van der Waals surface area contributed by atoms with Gasteiger partial charge in [-0.05, 0) is 31.6 Å². The molecule has 1 aliphatic heterocycles. The van der Waals surface area contributed by atoms with Crippen LogP contribution in [0.3, 0.4) is 0 Å². The second kappa shape index (κ2) is 9.19. The summed E-state index contributed by atoms with van der Waals surface area (Å²) in [4.78, 5) is 17.0. The number of hydrogen-bond donors (Lipinski definition) is 2. The summed E-state index contributed by atoms with van der Waals surface area (Å²) in [5.41, 5.74) is 0. The number of anilines is 2. The minimum Gasteiger partial charge on any atom is -0.344 e. The van der Waals surface area contributed by atoms with Crippen molar-refractivity contribution in [2.24, 2.45) is 5.92 Å². The highest BCUT2D eigenvalue weighted by Crippen LogP contribution is 2.27. The van der Waals surface area contributed by atoms with E-state index < -0.39 is 0 Å². The molecule has 0 radical (unpaired) electrons. The van der Waals surface area contributed by atoms with E-state index in [-0.39, 0.29) is 6.03 Å². The second-order valence-electron chi connectivity index (χ2n) is 8.26. The van der Waals surface area contributed by atoms with Gasteiger partial charge in [-0.3, -0.25) is 10.2 Å². The summed E-state index contributed by atoms with van der Waals surface area (Å²) in [7, 11) is 0. The van der Waals surface area contributed by atoms with E-state index in [1.165, 1.54) is 62.8 Å². The molecule has 0 unspecified atom stereocenters. The molecule has 2 saturated carbocycles. The highest BCUT2D eigenvalue weighted by atomic mass is 32.1. The lowest BCUT2D eigenvalue weighted by atomic mass is 9.89. The molecule has 0 atom stereocenters. The zero-order valence-electron chi connectivity index (χ0n) is 16.2. The van der Waals surface area contributed by atoms with Crippen molar-refractivity contribution in [3.8, 4) is 0 Å². The van der Waals surface area contributed by atoms with E-state index in [9.17, 15) is 4.79 Å². The van der Waals surface area contributed by atoms with Crippen LogP contribution in [0.15, 0.2) is 0 Å². The Morgan fingerprint density at radius 2 is 1.67 bits per heavy atom. The van der Waals surface area contributed by atoms with E-state index >= 15 is 0 Å². The summed E-state index contributed by atoms with van der Waals surface area (Å²) in [5.74, 6) is 0.904. The van der Waals surface area contributed by atoms with E-state index in [1.54, 1.807) is 0 Å². The van der Waals surface area contributed by atoms with Crippen LogP contribution in [0, 0.1) is 5.92 Å². The SMILES string of the molecule is O=C(Nc1nnc(N2CCN(CC3CCCCC3)CC2)s1)NC1CCCC1. The number of hydrogen-bond acceptors (Lipinski definition) is 6. The number of aromatic nitrogens is 2. The van der Waals surface area contributed by atoms with Crippen molar-refractivity contribution in [3.63, 3.8) is 0 Å². The molecule has 1 aromatic heterocycles. The number of carbonyl (C=O) groups is 1. The van der Waals surface area contributed by atoms with Crippen LogP contribution in [-0.4, -0.2) is 59.9 Å². The molecule has 2 aliphatic carbocycles. The number of nitrogens with one attached hydrogen (secondary N) is 2. The molecule has 2 amide bonds. The Kier molecular flexibility index (Phi) is 6.44. The van der Waals surface area contributed by atoms with E-state index in [0.717, 1.165) is 50.1 Å². The van der Waals surface area contributed by atoms with Crippen LogP contribution in [0.2, 0.25) is 0 Å². The monoisotopic (exact) mass is 392 g/mol. The van der Waals surface area contributed by atoms with Gasteiger partial charge >= 0.3 is 6.03 Å². The molecular formula is C19H32N6OS. The average molecular weight is 393 g/mol. The molecule has 3 aliphatic rings. The van der Waals surface area contributed by atoms with Crippen molar-refractivity contribution in [3.05, 3.63) is 0 Å². The van der Waals surface area contributed by atoms with Crippen LogP contribution in [0.1, 0.15) is 57.8 Å². The Bertz CT molecular complexity index is 603. The molecular weight excluding hydrogens is 360 g/mol. The largest absolute Gasteiger partial charge is 0.344 e. The Labute approximate surface area is 165 Å². The quantitative estimate of drug-likeness (QED) is 0.804. The van der Waals surface area contributed by atoms with Gasteiger partial charge in [0, 0.05) is 38.8 Å². The van der Waals surface area contributed by atoms with E-state index in [1.807, 2.05) is 0 Å². The number of piperazine rings is 1. The molecule has 0 aromatic carbocycles. The van der Waals surface area contributed by atoms with Gasteiger partial charge in [0.2, 0.25) is 10.3 Å². The maximum Gasteiger partial charge on any atom is 0.321 e. The molecule has 7 nitrogen and oxygen atoms in total. The smallest absolute Gasteiger partial charge is 0.321 e. The van der Waals surface area contributed by atoms with Crippen LogP contribution in [0.25, 0.3) is 0 Å². The topological polar surface area (TPSA) is 73.4 Å². The van der Waals surface area contributed by atoms with Gasteiger partial charge < -0.3 is 10.2 Å². The van der Waals surface area contributed by atoms with Gasteiger partial charge in [-0.25, -0.2) is 4.79 Å². The first kappa shape index (κ1) is 18.9. The van der Waals surface area contributed by atoms with Crippen LogP contribution >= 0.6 is 11.3 Å². The minimum absolute atomic E-state index is 0.151. The third-order valence-electron chi connectivity index (χ3n) is 6.21. The number of urea groups is 1. The Hall–Kier alpha value is -1.41. The second-order valence-corrected chi connectivity index (χ2v) is 9.22. The standard InChI is InChI=1S/C19H32N6OS/c26-17(20-16-8-4-5-9-16)21-18-22-23-19(27-18)25-12-10-24(11-13-25)14-15-6-2-1-3-7-15/h15-16H,1-14H2,(H2,20,21,22,26). The fraction of sp³-hybridized carbons (Fsp3) is 0.842. The first-order valence-electron chi connectivity index (χ1n) is 10.6. The summed E-state index contributed by atoms with van der Waals surface area (Å²) in [6.07, 6.45) is 11.7. The fourth-order valence-electron chi connectivity index (χ4n) is 4.64. The van der Waals surface area contributed by atoms with Gasteiger partial charge in [-0.1, -0.05) is 43.4 Å². The van der Waals surface area contributed by atoms with Crippen LogP contribution < -0.4 is 15.5 Å². The molecule has 1 aromatic rings. The van der Waals surface area contributed by atoms with Crippen molar-refractivity contribution in [1.29, 1.82) is 0 Å². The predicted octanol–water partition coefficient (Wildman–Crippen LogP) is 3.30. The lowest BCUT2D eigenvalue weighted by Gasteiger charge is -2.36. The number of amides is 2. The number of nitrogens with zero attached hydrogens (tertiary/aromatic N) is 4. The Balaban J connectivity index is 1.21. The first-order chi connectivity index (χ1) is 13.3. The van der Waals surface area contributed by atoms with Crippen molar-refractivity contribution >= 4 is 27.6 Å². The van der Waals surface area contributed by atoms with Gasteiger partial charge in [0.05, 0.1) is 0 Å². The first-order valence-corrected chi connectivity index (χ1v) is 11.5. The summed E-state index contributed by atoms with van der Waals surface area (Å²) in [5, 5.41) is 15.8. The van der Waals surface area contributed by atoms with Gasteiger partial charge in [0.15, 0.2) is 0 Å². The maximum absolute atomic E-state index is 12.1. The van der Waals surface area contributed by atoms with Gasteiger partial charge in [-0.2, -0.15) is 0 Å². The third kappa shape index (κ3) is 5.31. The van der Waals surface area contributed by atoms with Crippen LogP contribution in [0.5, 0.6) is 0 Å². The van der Waals surface area contributed by atoms with E-state index in [2.05, 4.69) is 30.6 Å². The molecule has 0 bridgehead atoms. The summed E-state index contributed by atoms with van der Waals surface area (Å²) in [6.45, 7) is 5.45. The summed E-state index contributed by atoms with van der Waals surface area (Å²) >= 11 is 1.48. The minimum atomic E-state index is -0.151. The number of carbonyl (C=O) groups excluding carboxylic acids is 1.